The number of anilines is 1. The van der Waals surface area contributed by atoms with Crippen LogP contribution in [0.2, 0.25) is 0 Å². The topological polar surface area (TPSA) is 30.5 Å². The number of ether oxygens (including phenoxy) is 2. The molecule has 0 radical (unpaired) electrons. The molecule has 2 aromatic rings. The lowest BCUT2D eigenvalue weighted by molar-refractivity contribution is 0.304. The lowest BCUT2D eigenvalue weighted by Gasteiger charge is -2.16. The minimum absolute atomic E-state index is 0.351. The quantitative estimate of drug-likeness (QED) is 0.799. The zero-order valence-corrected chi connectivity index (χ0v) is 14.9. The molecule has 0 unspecified atom stereocenters. The highest BCUT2D eigenvalue weighted by Crippen LogP contribution is 2.25. The van der Waals surface area contributed by atoms with Gasteiger partial charge in [-0.2, -0.15) is 0 Å². The Morgan fingerprint density at radius 3 is 2.57 bits per heavy atom. The van der Waals surface area contributed by atoms with E-state index in [4.69, 9.17) is 21.7 Å². The van der Waals surface area contributed by atoms with Crippen LogP contribution in [0.3, 0.4) is 0 Å². The summed E-state index contributed by atoms with van der Waals surface area (Å²) >= 11 is 5.11. The van der Waals surface area contributed by atoms with E-state index >= 15 is 0 Å². The second-order valence-electron chi connectivity index (χ2n) is 5.47. The van der Waals surface area contributed by atoms with Crippen LogP contribution in [0.4, 0.5) is 5.69 Å². The normalized spacial score (nSPS) is 10.3. The molecular formula is C19H23NO2S. The number of methoxy groups -OCH3 is 1. The molecule has 0 saturated heterocycles. The first kappa shape index (κ1) is 17.3. The molecule has 0 saturated carbocycles. The number of benzene rings is 2. The maximum Gasteiger partial charge on any atom is 0.260 e. The third-order valence-electron chi connectivity index (χ3n) is 3.80. The van der Waals surface area contributed by atoms with Crippen LogP contribution in [0.25, 0.3) is 0 Å². The fourth-order valence-corrected chi connectivity index (χ4v) is 2.53. The van der Waals surface area contributed by atoms with Crippen LogP contribution in [0.15, 0.2) is 36.4 Å². The Morgan fingerprint density at radius 2 is 1.91 bits per heavy atom. The van der Waals surface area contributed by atoms with Crippen LogP contribution in [-0.4, -0.2) is 12.3 Å². The standard InChI is InChI=1S/C19H23NO2S/c1-5-15-9-10-17(14(3)11-15)22-12-16-8-6-7-13(2)18(16)20-19(23)21-4/h6-11H,5,12H2,1-4H3,(H,20,23). The van der Waals surface area contributed by atoms with Crippen LogP contribution >= 0.6 is 12.2 Å². The predicted octanol–water partition coefficient (Wildman–Crippen LogP) is 4.79. The van der Waals surface area contributed by atoms with Crippen molar-refractivity contribution in [1.82, 2.24) is 0 Å². The Hall–Kier alpha value is -2.07. The van der Waals surface area contributed by atoms with E-state index in [1.807, 2.05) is 31.2 Å². The van der Waals surface area contributed by atoms with Crippen LogP contribution in [0.1, 0.15) is 29.2 Å². The SMILES string of the molecule is CCc1ccc(OCc2cccc(C)c2NC(=S)OC)c(C)c1. The van der Waals surface area contributed by atoms with Crippen molar-refractivity contribution in [3.8, 4) is 5.75 Å². The van der Waals surface area contributed by atoms with Gasteiger partial charge in [0.15, 0.2) is 0 Å². The van der Waals surface area contributed by atoms with Crippen molar-refractivity contribution < 1.29 is 9.47 Å². The van der Waals surface area contributed by atoms with Gasteiger partial charge in [0, 0.05) is 5.56 Å². The van der Waals surface area contributed by atoms with Gasteiger partial charge in [0.2, 0.25) is 0 Å². The van der Waals surface area contributed by atoms with Gasteiger partial charge in [-0.05, 0) is 55.2 Å². The lowest BCUT2D eigenvalue weighted by Crippen LogP contribution is -2.14. The summed E-state index contributed by atoms with van der Waals surface area (Å²) in [5.74, 6) is 0.906. The Balaban J connectivity index is 2.17. The van der Waals surface area contributed by atoms with Crippen molar-refractivity contribution in [1.29, 1.82) is 0 Å². The monoisotopic (exact) mass is 329 g/mol. The minimum atomic E-state index is 0.351. The number of aryl methyl sites for hydroxylation is 3. The number of hydrogen-bond donors (Lipinski definition) is 1. The van der Waals surface area contributed by atoms with Gasteiger partial charge in [-0.25, -0.2) is 0 Å². The van der Waals surface area contributed by atoms with E-state index in [0.29, 0.717) is 11.8 Å². The summed E-state index contributed by atoms with van der Waals surface area (Å²) in [7, 11) is 1.56. The molecule has 0 aliphatic heterocycles. The van der Waals surface area contributed by atoms with E-state index in [9.17, 15) is 0 Å². The van der Waals surface area contributed by atoms with E-state index in [0.717, 1.165) is 34.5 Å². The van der Waals surface area contributed by atoms with E-state index in [-0.39, 0.29) is 0 Å². The lowest BCUT2D eigenvalue weighted by atomic mass is 10.1. The minimum Gasteiger partial charge on any atom is -0.489 e. The van der Waals surface area contributed by atoms with Gasteiger partial charge < -0.3 is 14.8 Å². The number of nitrogens with one attached hydrogen (secondary N) is 1. The zero-order valence-electron chi connectivity index (χ0n) is 14.1. The Morgan fingerprint density at radius 1 is 1.13 bits per heavy atom. The first-order valence-corrected chi connectivity index (χ1v) is 8.11. The van der Waals surface area contributed by atoms with Gasteiger partial charge in [0.1, 0.15) is 12.4 Å². The molecule has 0 heterocycles. The summed E-state index contributed by atoms with van der Waals surface area (Å²) in [6.45, 7) is 6.73. The molecule has 2 aromatic carbocycles. The summed E-state index contributed by atoms with van der Waals surface area (Å²) in [5.41, 5.74) is 5.56. The smallest absolute Gasteiger partial charge is 0.260 e. The molecule has 0 atom stereocenters. The number of thiocarbonyl (C=S) groups is 1. The molecule has 4 heteroatoms. The summed E-state index contributed by atoms with van der Waals surface area (Å²) < 4.78 is 11.1. The molecule has 0 aromatic heterocycles. The van der Waals surface area contributed by atoms with Crippen molar-refractivity contribution in [3.63, 3.8) is 0 Å². The largest absolute Gasteiger partial charge is 0.489 e. The molecule has 0 aliphatic carbocycles. The molecule has 0 aliphatic rings. The highest BCUT2D eigenvalue weighted by atomic mass is 32.1. The molecule has 23 heavy (non-hydrogen) atoms. The third kappa shape index (κ3) is 4.45. The number of rotatable bonds is 5. The molecule has 0 spiro atoms. The van der Waals surface area contributed by atoms with E-state index in [1.54, 1.807) is 7.11 Å². The molecule has 0 amide bonds. The zero-order chi connectivity index (χ0) is 16.8. The van der Waals surface area contributed by atoms with Crippen molar-refractivity contribution >= 4 is 23.1 Å². The van der Waals surface area contributed by atoms with Crippen LogP contribution in [0.5, 0.6) is 5.75 Å². The van der Waals surface area contributed by atoms with Gasteiger partial charge in [-0.3, -0.25) is 0 Å². The Bertz CT molecular complexity index is 698. The number of para-hydroxylation sites is 1. The average Bonchev–Trinajstić information content (AvgIpc) is 2.56. The molecule has 2 rings (SSSR count). The van der Waals surface area contributed by atoms with Gasteiger partial charge >= 0.3 is 0 Å². The van der Waals surface area contributed by atoms with Crippen molar-refractivity contribution in [2.75, 3.05) is 12.4 Å². The predicted molar refractivity (Wildman–Crippen MR) is 99.3 cm³/mol. The van der Waals surface area contributed by atoms with Crippen molar-refractivity contribution in [2.45, 2.75) is 33.8 Å². The first-order valence-electron chi connectivity index (χ1n) is 7.71. The average molecular weight is 329 g/mol. The molecule has 0 fully saturated rings. The van der Waals surface area contributed by atoms with Crippen LogP contribution in [0, 0.1) is 13.8 Å². The van der Waals surface area contributed by atoms with Gasteiger partial charge in [-0.1, -0.05) is 37.3 Å². The highest BCUT2D eigenvalue weighted by Gasteiger charge is 2.09. The molecular weight excluding hydrogens is 306 g/mol. The first-order chi connectivity index (χ1) is 11.0. The molecule has 122 valence electrons. The molecule has 3 nitrogen and oxygen atoms in total. The van der Waals surface area contributed by atoms with Crippen LogP contribution < -0.4 is 10.1 Å². The fourth-order valence-electron chi connectivity index (χ4n) is 2.43. The highest BCUT2D eigenvalue weighted by molar-refractivity contribution is 7.80. The summed E-state index contributed by atoms with van der Waals surface area (Å²) in [5, 5.41) is 3.48. The van der Waals surface area contributed by atoms with E-state index in [2.05, 4.69) is 31.3 Å². The second-order valence-corrected chi connectivity index (χ2v) is 5.84. The van der Waals surface area contributed by atoms with E-state index in [1.165, 1.54) is 5.56 Å². The van der Waals surface area contributed by atoms with Gasteiger partial charge in [0.25, 0.3) is 5.17 Å². The number of hydrogen-bond acceptors (Lipinski definition) is 3. The Labute approximate surface area is 143 Å². The second kappa shape index (κ2) is 7.97. The van der Waals surface area contributed by atoms with Crippen LogP contribution in [-0.2, 0) is 17.8 Å². The fraction of sp³-hybridized carbons (Fsp3) is 0.316. The Kier molecular flexibility index (Phi) is 5.99. The van der Waals surface area contributed by atoms with Gasteiger partial charge in [0.05, 0.1) is 12.8 Å². The molecule has 1 N–H and O–H groups in total. The van der Waals surface area contributed by atoms with Gasteiger partial charge in [-0.15, -0.1) is 0 Å². The third-order valence-corrected chi connectivity index (χ3v) is 4.07. The van der Waals surface area contributed by atoms with Crippen molar-refractivity contribution in [3.05, 3.63) is 58.7 Å². The molecule has 0 bridgehead atoms. The summed E-state index contributed by atoms with van der Waals surface area (Å²) in [4.78, 5) is 0. The summed E-state index contributed by atoms with van der Waals surface area (Å²) in [6.07, 6.45) is 1.03. The van der Waals surface area contributed by atoms with E-state index < -0.39 is 0 Å². The van der Waals surface area contributed by atoms with Crippen molar-refractivity contribution in [2.24, 2.45) is 0 Å². The summed E-state index contributed by atoms with van der Waals surface area (Å²) in [6, 6.07) is 12.4. The maximum atomic E-state index is 6.01. The maximum absolute atomic E-state index is 6.01.